The van der Waals surface area contributed by atoms with Crippen LogP contribution in [0.25, 0.3) is 0 Å². The van der Waals surface area contributed by atoms with Crippen LogP contribution in [0.2, 0.25) is 0 Å². The number of amides is 1. The highest BCUT2D eigenvalue weighted by atomic mass is 16.6. The van der Waals surface area contributed by atoms with Crippen LogP contribution in [0, 0.1) is 5.92 Å². The Morgan fingerprint density at radius 2 is 2.23 bits per heavy atom. The van der Waals surface area contributed by atoms with Gasteiger partial charge in [0.15, 0.2) is 0 Å². The molecular formula is C22H30N2O2. The van der Waals surface area contributed by atoms with Crippen LogP contribution >= 0.6 is 0 Å². The molecule has 3 aliphatic rings. The van der Waals surface area contributed by atoms with E-state index in [4.69, 9.17) is 4.74 Å². The van der Waals surface area contributed by atoms with Crippen LogP contribution in [0.3, 0.4) is 0 Å². The highest BCUT2D eigenvalue weighted by molar-refractivity contribution is 5.70. The Hall–Kier alpha value is -1.81. The summed E-state index contributed by atoms with van der Waals surface area (Å²) in [6, 6.07) is 6.97. The molecule has 1 amide bonds. The molecule has 1 saturated heterocycles. The molecule has 0 aromatic heterocycles. The summed E-state index contributed by atoms with van der Waals surface area (Å²) in [5.41, 5.74) is 3.18. The zero-order valence-electron chi connectivity index (χ0n) is 16.0. The van der Waals surface area contributed by atoms with Gasteiger partial charge < -0.3 is 9.64 Å². The molecule has 1 aliphatic heterocycles. The van der Waals surface area contributed by atoms with Gasteiger partial charge in [-0.15, -0.1) is 6.58 Å². The average Bonchev–Trinajstić information content (AvgIpc) is 2.64. The van der Waals surface area contributed by atoms with E-state index in [1.54, 1.807) is 14.1 Å². The fraction of sp³-hybridized carbons (Fsp3) is 0.591. The molecule has 2 fully saturated rings. The molecule has 1 saturated carbocycles. The number of rotatable bonds is 3. The fourth-order valence-electron chi connectivity index (χ4n) is 5.71. The third kappa shape index (κ3) is 2.75. The molecule has 4 heteroatoms. The van der Waals surface area contributed by atoms with Crippen LogP contribution in [0.5, 0.6) is 5.75 Å². The smallest absolute Gasteiger partial charge is 0.410 e. The predicted molar refractivity (Wildman–Crippen MR) is 104 cm³/mol. The Bertz CT molecular complexity index is 714. The molecule has 140 valence electrons. The number of likely N-dealkylation sites (tertiary alicyclic amines) is 1. The Labute approximate surface area is 156 Å². The van der Waals surface area contributed by atoms with Gasteiger partial charge in [-0.2, -0.15) is 0 Å². The van der Waals surface area contributed by atoms with Crippen LogP contribution in [0.1, 0.15) is 43.2 Å². The largest absolute Gasteiger partial charge is 0.414 e. The molecule has 0 spiro atoms. The zero-order valence-corrected chi connectivity index (χ0v) is 16.0. The number of nitrogens with zero attached hydrogens (tertiary/aromatic N) is 2. The van der Waals surface area contributed by atoms with Gasteiger partial charge in [-0.3, -0.25) is 4.90 Å². The third-order valence-electron chi connectivity index (χ3n) is 6.86. The van der Waals surface area contributed by atoms with Crippen molar-refractivity contribution in [3.05, 3.63) is 42.0 Å². The van der Waals surface area contributed by atoms with E-state index < -0.39 is 0 Å². The van der Waals surface area contributed by atoms with Crippen molar-refractivity contribution in [1.82, 2.24) is 9.80 Å². The molecule has 0 N–H and O–H groups in total. The van der Waals surface area contributed by atoms with Gasteiger partial charge in [0.2, 0.25) is 0 Å². The number of carbonyl (C=O) groups is 1. The number of fused-ring (bicyclic) bond motifs is 1. The minimum Gasteiger partial charge on any atom is -0.410 e. The maximum absolute atomic E-state index is 12.0. The third-order valence-corrected chi connectivity index (χ3v) is 6.86. The lowest BCUT2D eigenvalue weighted by molar-refractivity contribution is -0.00517. The van der Waals surface area contributed by atoms with Crippen molar-refractivity contribution in [1.29, 1.82) is 0 Å². The first-order chi connectivity index (χ1) is 12.5. The first kappa shape index (κ1) is 17.6. The molecule has 4 nitrogen and oxygen atoms in total. The van der Waals surface area contributed by atoms with Crippen molar-refractivity contribution in [2.24, 2.45) is 5.92 Å². The lowest BCUT2D eigenvalue weighted by Gasteiger charge is -2.59. The molecule has 2 bridgehead atoms. The lowest BCUT2D eigenvalue weighted by atomic mass is 9.52. The number of benzene rings is 1. The van der Waals surface area contributed by atoms with Gasteiger partial charge in [0.25, 0.3) is 0 Å². The molecule has 0 unspecified atom stereocenters. The SMILES string of the molecule is C=CCN1CC[C@]23CCCC[C@H]2[C@@H]1Cc1ccc(OC(=O)N(C)C)cc13. The van der Waals surface area contributed by atoms with E-state index in [-0.39, 0.29) is 11.5 Å². The molecule has 26 heavy (non-hydrogen) atoms. The van der Waals surface area contributed by atoms with Gasteiger partial charge in [0.05, 0.1) is 0 Å². The highest BCUT2D eigenvalue weighted by Gasteiger charge is 2.53. The van der Waals surface area contributed by atoms with E-state index in [0.717, 1.165) is 25.4 Å². The molecule has 1 heterocycles. The second-order valence-electron chi connectivity index (χ2n) is 8.39. The first-order valence-corrected chi connectivity index (χ1v) is 9.92. The molecule has 0 radical (unpaired) electrons. The van der Waals surface area contributed by atoms with Crippen molar-refractivity contribution >= 4 is 6.09 Å². The molecule has 1 aromatic rings. The molecule has 4 rings (SSSR count). The molecular weight excluding hydrogens is 324 g/mol. The van der Waals surface area contributed by atoms with Gasteiger partial charge in [-0.1, -0.05) is 25.0 Å². The van der Waals surface area contributed by atoms with E-state index in [0.29, 0.717) is 11.8 Å². The second-order valence-corrected chi connectivity index (χ2v) is 8.39. The van der Waals surface area contributed by atoms with Crippen molar-refractivity contribution in [3.8, 4) is 5.75 Å². The van der Waals surface area contributed by atoms with Crippen LogP contribution in [0.4, 0.5) is 4.79 Å². The van der Waals surface area contributed by atoms with E-state index in [1.807, 2.05) is 6.07 Å². The quantitative estimate of drug-likeness (QED) is 0.770. The summed E-state index contributed by atoms with van der Waals surface area (Å²) in [6.07, 6.45) is 9.30. The van der Waals surface area contributed by atoms with Gasteiger partial charge >= 0.3 is 6.09 Å². The number of hydrogen-bond acceptors (Lipinski definition) is 3. The summed E-state index contributed by atoms with van der Waals surface area (Å²) >= 11 is 0. The standard InChI is InChI=1S/C22H30N2O2/c1-4-12-24-13-11-22-10-6-5-7-18(22)20(24)14-16-8-9-17(15-19(16)22)26-21(25)23(2)3/h4,8-9,15,18,20H,1,5-7,10-14H2,2-3H3/t18-,20-,22+/m0/s1. The van der Waals surface area contributed by atoms with E-state index in [2.05, 4.69) is 29.7 Å². The Balaban J connectivity index is 1.72. The summed E-state index contributed by atoms with van der Waals surface area (Å²) in [5.74, 6) is 1.41. The summed E-state index contributed by atoms with van der Waals surface area (Å²) in [4.78, 5) is 16.1. The minimum absolute atomic E-state index is 0.273. The van der Waals surface area contributed by atoms with Crippen LogP contribution in [0.15, 0.2) is 30.9 Å². The molecule has 1 aromatic carbocycles. The van der Waals surface area contributed by atoms with Crippen LogP contribution in [-0.2, 0) is 11.8 Å². The van der Waals surface area contributed by atoms with Crippen molar-refractivity contribution < 1.29 is 9.53 Å². The number of hydrogen-bond donors (Lipinski definition) is 0. The van der Waals surface area contributed by atoms with Crippen molar-refractivity contribution in [2.45, 2.75) is 50.0 Å². The normalized spacial score (nSPS) is 30.1. The van der Waals surface area contributed by atoms with E-state index in [1.165, 1.54) is 48.1 Å². The maximum Gasteiger partial charge on any atom is 0.414 e. The number of ether oxygens (including phenoxy) is 1. The van der Waals surface area contributed by atoms with Gasteiger partial charge in [0, 0.05) is 32.1 Å². The van der Waals surface area contributed by atoms with E-state index >= 15 is 0 Å². The van der Waals surface area contributed by atoms with E-state index in [9.17, 15) is 4.79 Å². The van der Waals surface area contributed by atoms with Crippen LogP contribution < -0.4 is 4.74 Å². The summed E-state index contributed by atoms with van der Waals surface area (Å²) in [7, 11) is 3.44. The lowest BCUT2D eigenvalue weighted by Crippen LogP contribution is -2.60. The number of carbonyl (C=O) groups excluding carboxylic acids is 1. The Morgan fingerprint density at radius 1 is 1.38 bits per heavy atom. The summed E-state index contributed by atoms with van der Waals surface area (Å²) in [6.45, 7) is 6.10. The minimum atomic E-state index is -0.308. The van der Waals surface area contributed by atoms with Crippen molar-refractivity contribution in [2.75, 3.05) is 27.2 Å². The summed E-state index contributed by atoms with van der Waals surface area (Å²) in [5, 5.41) is 0. The second kappa shape index (κ2) is 6.73. The average molecular weight is 354 g/mol. The Morgan fingerprint density at radius 3 is 3.00 bits per heavy atom. The topological polar surface area (TPSA) is 32.8 Å². The predicted octanol–water partition coefficient (Wildman–Crippen LogP) is 3.99. The van der Waals surface area contributed by atoms with Gasteiger partial charge in [-0.05, 0) is 61.4 Å². The highest BCUT2D eigenvalue weighted by Crippen LogP contribution is 2.56. The first-order valence-electron chi connectivity index (χ1n) is 9.92. The fourth-order valence-corrected chi connectivity index (χ4v) is 5.71. The Kier molecular flexibility index (Phi) is 4.55. The molecule has 3 atom stereocenters. The molecule has 2 aliphatic carbocycles. The van der Waals surface area contributed by atoms with Gasteiger partial charge in [-0.25, -0.2) is 4.79 Å². The maximum atomic E-state index is 12.0. The van der Waals surface area contributed by atoms with Crippen LogP contribution in [-0.4, -0.2) is 49.1 Å². The van der Waals surface area contributed by atoms with Gasteiger partial charge in [0.1, 0.15) is 5.75 Å². The monoisotopic (exact) mass is 354 g/mol. The zero-order chi connectivity index (χ0) is 18.3. The number of piperidine rings is 1. The van der Waals surface area contributed by atoms with Crippen molar-refractivity contribution in [3.63, 3.8) is 0 Å². The summed E-state index contributed by atoms with van der Waals surface area (Å²) < 4.78 is 5.58.